The molecule has 4 aromatic rings. The first-order valence-electron chi connectivity index (χ1n) is 6.49. The molecule has 1 aromatic heterocycles. The minimum atomic E-state index is -0.449. The second-order valence-corrected chi connectivity index (χ2v) is 4.85. The van der Waals surface area contributed by atoms with Crippen LogP contribution in [0.1, 0.15) is 0 Å². The average Bonchev–Trinajstić information content (AvgIpc) is 2.89. The third-order valence-electron chi connectivity index (χ3n) is 3.44. The Labute approximate surface area is 119 Å². The van der Waals surface area contributed by atoms with E-state index < -0.39 is 5.82 Å². The average molecular weight is 279 g/mol. The topological polar surface area (TPSA) is 46.3 Å². The minimum absolute atomic E-state index is 0.0625. The van der Waals surface area contributed by atoms with Gasteiger partial charge in [0.25, 0.3) is 0 Å². The summed E-state index contributed by atoms with van der Waals surface area (Å²) in [5.74, 6) is -0.306. The number of hydrogen-bond donors (Lipinski definition) is 1. The van der Waals surface area contributed by atoms with Gasteiger partial charge in [0, 0.05) is 0 Å². The van der Waals surface area contributed by atoms with E-state index in [1.54, 1.807) is 0 Å². The Balaban J connectivity index is 1.98. The first-order valence-corrected chi connectivity index (χ1v) is 6.49. The molecule has 0 atom stereocenters. The summed E-state index contributed by atoms with van der Waals surface area (Å²) in [5.41, 5.74) is 1.52. The van der Waals surface area contributed by atoms with Gasteiger partial charge in [-0.3, -0.25) is 0 Å². The van der Waals surface area contributed by atoms with E-state index in [1.807, 2.05) is 36.4 Å². The molecule has 0 radical (unpaired) electrons. The van der Waals surface area contributed by atoms with Crippen molar-refractivity contribution in [1.82, 2.24) is 4.98 Å². The molecule has 0 aliphatic heterocycles. The van der Waals surface area contributed by atoms with Gasteiger partial charge in [-0.15, -0.1) is 0 Å². The van der Waals surface area contributed by atoms with Gasteiger partial charge in [-0.2, -0.15) is 0 Å². The lowest BCUT2D eigenvalue weighted by Crippen LogP contribution is -1.81. The van der Waals surface area contributed by atoms with Gasteiger partial charge < -0.3 is 9.52 Å². The van der Waals surface area contributed by atoms with Crippen molar-refractivity contribution in [1.29, 1.82) is 0 Å². The van der Waals surface area contributed by atoms with Crippen molar-refractivity contribution in [3.8, 4) is 17.2 Å². The molecular weight excluding hydrogens is 269 g/mol. The number of aromatic hydroxyl groups is 1. The van der Waals surface area contributed by atoms with E-state index in [2.05, 4.69) is 4.98 Å². The zero-order chi connectivity index (χ0) is 14.4. The van der Waals surface area contributed by atoms with Crippen molar-refractivity contribution in [2.45, 2.75) is 0 Å². The summed E-state index contributed by atoms with van der Waals surface area (Å²) in [6.07, 6.45) is 0. The summed E-state index contributed by atoms with van der Waals surface area (Å²) < 4.78 is 19.0. The van der Waals surface area contributed by atoms with Crippen LogP contribution in [0.2, 0.25) is 0 Å². The summed E-state index contributed by atoms with van der Waals surface area (Å²) in [4.78, 5) is 4.34. The molecule has 102 valence electrons. The number of rotatable bonds is 1. The summed E-state index contributed by atoms with van der Waals surface area (Å²) in [5, 5.41) is 11.9. The fourth-order valence-corrected chi connectivity index (χ4v) is 2.41. The highest BCUT2D eigenvalue weighted by Crippen LogP contribution is 2.32. The summed E-state index contributed by atoms with van der Waals surface area (Å²) in [6, 6.07) is 15.4. The first kappa shape index (κ1) is 11.9. The molecule has 0 fully saturated rings. The van der Waals surface area contributed by atoms with Crippen LogP contribution in [0.5, 0.6) is 5.75 Å². The highest BCUT2D eigenvalue weighted by atomic mass is 19.1. The van der Waals surface area contributed by atoms with E-state index in [0.29, 0.717) is 11.1 Å². The number of oxazole rings is 1. The molecule has 0 saturated carbocycles. The van der Waals surface area contributed by atoms with Crippen molar-refractivity contribution >= 4 is 21.9 Å². The Morgan fingerprint density at radius 3 is 2.52 bits per heavy atom. The van der Waals surface area contributed by atoms with Crippen LogP contribution < -0.4 is 0 Å². The maximum absolute atomic E-state index is 13.3. The van der Waals surface area contributed by atoms with Crippen LogP contribution in [0.4, 0.5) is 4.39 Å². The number of benzene rings is 3. The second-order valence-electron chi connectivity index (χ2n) is 4.85. The van der Waals surface area contributed by atoms with E-state index in [-0.39, 0.29) is 17.2 Å². The molecule has 3 nitrogen and oxygen atoms in total. The van der Waals surface area contributed by atoms with E-state index in [9.17, 15) is 9.50 Å². The first-order chi connectivity index (χ1) is 10.2. The second kappa shape index (κ2) is 4.31. The van der Waals surface area contributed by atoms with Gasteiger partial charge in [-0.05, 0) is 41.1 Å². The number of hydrogen-bond acceptors (Lipinski definition) is 3. The van der Waals surface area contributed by atoms with Crippen LogP contribution in [0.3, 0.4) is 0 Å². The predicted molar refractivity (Wildman–Crippen MR) is 78.6 cm³/mol. The molecule has 0 spiro atoms. The van der Waals surface area contributed by atoms with Crippen molar-refractivity contribution in [3.63, 3.8) is 0 Å². The van der Waals surface area contributed by atoms with Gasteiger partial charge >= 0.3 is 0 Å². The number of fused-ring (bicyclic) bond motifs is 2. The Morgan fingerprint density at radius 1 is 0.952 bits per heavy atom. The van der Waals surface area contributed by atoms with Crippen LogP contribution in [0, 0.1) is 5.82 Å². The van der Waals surface area contributed by atoms with Gasteiger partial charge in [-0.25, -0.2) is 9.37 Å². The molecular formula is C17H10FNO2. The van der Waals surface area contributed by atoms with Gasteiger partial charge in [0.1, 0.15) is 17.1 Å². The zero-order valence-corrected chi connectivity index (χ0v) is 10.9. The molecule has 3 aromatic carbocycles. The van der Waals surface area contributed by atoms with Gasteiger partial charge in [0.05, 0.1) is 5.56 Å². The quantitative estimate of drug-likeness (QED) is 0.558. The van der Waals surface area contributed by atoms with Gasteiger partial charge in [0.15, 0.2) is 5.58 Å². The van der Waals surface area contributed by atoms with Crippen LogP contribution in [0.15, 0.2) is 59.0 Å². The lowest BCUT2D eigenvalue weighted by Gasteiger charge is -1.99. The Morgan fingerprint density at radius 2 is 1.71 bits per heavy atom. The molecule has 0 aliphatic rings. The molecule has 0 unspecified atom stereocenters. The lowest BCUT2D eigenvalue weighted by molar-refractivity contribution is 0.472. The van der Waals surface area contributed by atoms with Crippen LogP contribution in [-0.2, 0) is 0 Å². The Bertz CT molecular complexity index is 923. The number of halogens is 1. The normalized spacial score (nSPS) is 11.3. The largest absolute Gasteiger partial charge is 0.507 e. The highest BCUT2D eigenvalue weighted by molar-refractivity contribution is 5.95. The highest BCUT2D eigenvalue weighted by Gasteiger charge is 2.13. The molecule has 0 amide bonds. The summed E-state index contributed by atoms with van der Waals surface area (Å²) in [7, 11) is 0. The number of aromatic nitrogens is 1. The van der Waals surface area contributed by atoms with Crippen LogP contribution >= 0.6 is 0 Å². The number of phenols is 1. The molecule has 0 bridgehead atoms. The SMILES string of the molecule is Oc1ccc(F)cc1-c1nc2cc3ccccc3cc2o1. The lowest BCUT2D eigenvalue weighted by atomic mass is 10.1. The van der Waals surface area contributed by atoms with Gasteiger partial charge in [-0.1, -0.05) is 24.3 Å². The molecule has 21 heavy (non-hydrogen) atoms. The predicted octanol–water partition coefficient (Wildman–Crippen LogP) is 4.49. The monoisotopic (exact) mass is 279 g/mol. The molecule has 0 saturated heterocycles. The Kier molecular flexibility index (Phi) is 2.44. The molecule has 0 aliphatic carbocycles. The summed E-state index contributed by atoms with van der Waals surface area (Å²) >= 11 is 0. The summed E-state index contributed by atoms with van der Waals surface area (Å²) in [6.45, 7) is 0. The van der Waals surface area contributed by atoms with Crippen LogP contribution in [-0.4, -0.2) is 10.1 Å². The minimum Gasteiger partial charge on any atom is -0.507 e. The molecule has 1 heterocycles. The van der Waals surface area contributed by atoms with Crippen molar-refractivity contribution in [3.05, 3.63) is 60.4 Å². The van der Waals surface area contributed by atoms with E-state index in [4.69, 9.17) is 4.42 Å². The fourth-order valence-electron chi connectivity index (χ4n) is 2.41. The van der Waals surface area contributed by atoms with Gasteiger partial charge in [0.2, 0.25) is 5.89 Å². The van der Waals surface area contributed by atoms with E-state index in [1.165, 1.54) is 18.2 Å². The molecule has 4 rings (SSSR count). The number of phenolic OH excluding ortho intramolecular Hbond substituents is 1. The van der Waals surface area contributed by atoms with Crippen LogP contribution in [0.25, 0.3) is 33.3 Å². The third kappa shape index (κ3) is 1.92. The maximum atomic E-state index is 13.3. The standard InChI is InChI=1S/C17H10FNO2/c18-12-5-6-15(20)13(9-12)17-19-14-7-10-3-1-2-4-11(10)8-16(14)21-17/h1-9,20H. The fraction of sp³-hybridized carbons (Fsp3) is 0. The number of nitrogens with zero attached hydrogens (tertiary/aromatic N) is 1. The van der Waals surface area contributed by atoms with E-state index >= 15 is 0 Å². The zero-order valence-electron chi connectivity index (χ0n) is 10.9. The smallest absolute Gasteiger partial charge is 0.231 e. The van der Waals surface area contributed by atoms with Crippen molar-refractivity contribution in [2.75, 3.05) is 0 Å². The third-order valence-corrected chi connectivity index (χ3v) is 3.44. The Hall–Kier alpha value is -2.88. The van der Waals surface area contributed by atoms with Crippen molar-refractivity contribution in [2.24, 2.45) is 0 Å². The molecule has 4 heteroatoms. The molecule has 1 N–H and O–H groups in total. The van der Waals surface area contributed by atoms with Crippen molar-refractivity contribution < 1.29 is 13.9 Å². The maximum Gasteiger partial charge on any atom is 0.231 e. The van der Waals surface area contributed by atoms with E-state index in [0.717, 1.165) is 10.8 Å².